The number of nitrogens with zero attached hydrogens (tertiary/aromatic N) is 1. The van der Waals surface area contributed by atoms with Gasteiger partial charge in [0.05, 0.1) is 22.7 Å². The zero-order chi connectivity index (χ0) is 15.3. The third kappa shape index (κ3) is 4.35. The average molecular weight is 322 g/mol. The molecule has 0 heterocycles. The van der Waals surface area contributed by atoms with Crippen molar-refractivity contribution >= 4 is 35.1 Å². The molecule has 0 fully saturated rings. The van der Waals surface area contributed by atoms with Crippen LogP contribution in [0, 0.1) is 5.82 Å². The monoisotopic (exact) mass is 321 g/mol. The first kappa shape index (κ1) is 16.7. The van der Waals surface area contributed by atoms with Crippen LogP contribution in [0.4, 0.5) is 4.39 Å². The van der Waals surface area contributed by atoms with Gasteiger partial charge in [-0.3, -0.25) is 9.59 Å². The third-order valence-corrected chi connectivity index (χ3v) is 3.29. The molecule has 0 aliphatic heterocycles. The van der Waals surface area contributed by atoms with Crippen LogP contribution in [0.15, 0.2) is 12.1 Å². The lowest BCUT2D eigenvalue weighted by molar-refractivity contribution is -0.140. The third-order valence-electron chi connectivity index (χ3n) is 2.69. The number of hydrogen-bond acceptors (Lipinski definition) is 3. The van der Waals surface area contributed by atoms with Gasteiger partial charge in [-0.1, -0.05) is 23.2 Å². The van der Waals surface area contributed by atoms with E-state index >= 15 is 0 Å². The minimum atomic E-state index is -0.706. The molecule has 4 nitrogen and oxygen atoms in total. The van der Waals surface area contributed by atoms with Crippen LogP contribution >= 0.6 is 23.2 Å². The van der Waals surface area contributed by atoms with E-state index in [0.717, 1.165) is 6.07 Å². The second-order valence-electron chi connectivity index (χ2n) is 4.15. The second-order valence-corrected chi connectivity index (χ2v) is 4.97. The molecular weight excluding hydrogens is 308 g/mol. The van der Waals surface area contributed by atoms with Crippen LogP contribution in [0.2, 0.25) is 10.0 Å². The standard InChI is InChI=1S/C13H14Cl2FNO3/c1-17(5-3-4-12(18)20-2)13(19)8-6-11(16)10(15)7-9(8)14/h6-7H,3-5H2,1-2H3. The maximum atomic E-state index is 13.4. The first-order valence-electron chi connectivity index (χ1n) is 5.83. The number of methoxy groups -OCH3 is 1. The van der Waals surface area contributed by atoms with Gasteiger partial charge in [0.15, 0.2) is 0 Å². The Morgan fingerprint density at radius 2 is 1.95 bits per heavy atom. The smallest absolute Gasteiger partial charge is 0.305 e. The lowest BCUT2D eigenvalue weighted by Crippen LogP contribution is -2.28. The number of amides is 1. The van der Waals surface area contributed by atoms with E-state index in [1.165, 1.54) is 18.1 Å². The Morgan fingerprint density at radius 1 is 1.30 bits per heavy atom. The first-order valence-corrected chi connectivity index (χ1v) is 6.59. The fourth-order valence-electron chi connectivity index (χ4n) is 1.56. The summed E-state index contributed by atoms with van der Waals surface area (Å²) >= 11 is 11.4. The quantitative estimate of drug-likeness (QED) is 0.618. The molecular formula is C13H14Cl2FNO3. The van der Waals surface area contributed by atoms with Gasteiger partial charge in [-0.15, -0.1) is 0 Å². The SMILES string of the molecule is COC(=O)CCCN(C)C(=O)c1cc(F)c(Cl)cc1Cl. The van der Waals surface area contributed by atoms with E-state index in [9.17, 15) is 14.0 Å². The topological polar surface area (TPSA) is 46.6 Å². The van der Waals surface area contributed by atoms with Gasteiger partial charge < -0.3 is 9.64 Å². The van der Waals surface area contributed by atoms with Crippen LogP contribution in [0.1, 0.15) is 23.2 Å². The van der Waals surface area contributed by atoms with E-state index in [4.69, 9.17) is 23.2 Å². The fourth-order valence-corrected chi connectivity index (χ4v) is 2.02. The molecule has 0 aliphatic rings. The lowest BCUT2D eigenvalue weighted by Gasteiger charge is -2.17. The average Bonchev–Trinajstić information content (AvgIpc) is 2.41. The summed E-state index contributed by atoms with van der Waals surface area (Å²) in [5, 5.41) is -0.0545. The van der Waals surface area contributed by atoms with Gasteiger partial charge in [-0.05, 0) is 18.6 Å². The lowest BCUT2D eigenvalue weighted by atomic mass is 10.2. The maximum Gasteiger partial charge on any atom is 0.305 e. The number of hydrogen-bond donors (Lipinski definition) is 0. The zero-order valence-corrected chi connectivity index (χ0v) is 12.6. The van der Waals surface area contributed by atoms with Crippen molar-refractivity contribution in [1.29, 1.82) is 0 Å². The van der Waals surface area contributed by atoms with Crippen molar-refractivity contribution in [2.75, 3.05) is 20.7 Å². The van der Waals surface area contributed by atoms with Crippen LogP contribution in [0.5, 0.6) is 0 Å². The molecule has 1 amide bonds. The molecule has 0 saturated heterocycles. The van der Waals surface area contributed by atoms with Crippen molar-refractivity contribution in [3.63, 3.8) is 0 Å². The van der Waals surface area contributed by atoms with E-state index in [1.807, 2.05) is 0 Å². The Bertz CT molecular complexity index is 523. The van der Waals surface area contributed by atoms with Gasteiger partial charge in [-0.25, -0.2) is 4.39 Å². The number of rotatable bonds is 5. The molecule has 0 aliphatic carbocycles. The minimum Gasteiger partial charge on any atom is -0.469 e. The van der Waals surface area contributed by atoms with Crippen LogP contribution in [-0.2, 0) is 9.53 Å². The molecule has 0 N–H and O–H groups in total. The summed E-state index contributed by atoms with van der Waals surface area (Å²) in [6, 6.07) is 2.19. The predicted octanol–water partition coefficient (Wildman–Crippen LogP) is 3.16. The highest BCUT2D eigenvalue weighted by atomic mass is 35.5. The summed E-state index contributed by atoms with van der Waals surface area (Å²) in [6.07, 6.45) is 0.652. The number of carbonyl (C=O) groups is 2. The van der Waals surface area contributed by atoms with Crippen molar-refractivity contribution in [1.82, 2.24) is 4.90 Å². The molecule has 1 aromatic carbocycles. The Morgan fingerprint density at radius 3 is 2.55 bits per heavy atom. The van der Waals surface area contributed by atoms with Crippen molar-refractivity contribution in [3.8, 4) is 0 Å². The highest BCUT2D eigenvalue weighted by Gasteiger charge is 2.18. The molecule has 0 spiro atoms. The Balaban J connectivity index is 2.70. The Kier molecular flexibility index (Phi) is 6.23. The van der Waals surface area contributed by atoms with E-state index < -0.39 is 11.7 Å². The van der Waals surface area contributed by atoms with E-state index in [0.29, 0.717) is 13.0 Å². The fraction of sp³-hybridized carbons (Fsp3) is 0.385. The Labute approximate surface area is 126 Å². The molecule has 0 aromatic heterocycles. The highest BCUT2D eigenvalue weighted by molar-refractivity contribution is 6.36. The van der Waals surface area contributed by atoms with E-state index in [-0.39, 0.29) is 28.0 Å². The minimum absolute atomic E-state index is 0.0362. The summed E-state index contributed by atoms with van der Waals surface area (Å²) in [5.41, 5.74) is 0.0362. The molecule has 0 atom stereocenters. The van der Waals surface area contributed by atoms with Crippen LogP contribution < -0.4 is 0 Å². The molecule has 0 bridgehead atoms. The predicted molar refractivity (Wildman–Crippen MR) is 74.6 cm³/mol. The summed E-state index contributed by atoms with van der Waals surface area (Å²) in [4.78, 5) is 24.4. The first-order chi connectivity index (χ1) is 9.36. The van der Waals surface area contributed by atoms with Crippen LogP contribution in [-0.4, -0.2) is 37.5 Å². The largest absolute Gasteiger partial charge is 0.469 e. The van der Waals surface area contributed by atoms with Gasteiger partial charge in [0.2, 0.25) is 0 Å². The number of benzene rings is 1. The summed E-state index contributed by atoms with van der Waals surface area (Å²) in [6.45, 7) is 0.328. The van der Waals surface area contributed by atoms with E-state index in [1.54, 1.807) is 7.05 Å². The van der Waals surface area contributed by atoms with Crippen LogP contribution in [0.3, 0.4) is 0 Å². The zero-order valence-electron chi connectivity index (χ0n) is 11.1. The number of halogens is 3. The van der Waals surface area contributed by atoms with E-state index in [2.05, 4.69) is 4.74 Å². The number of ether oxygens (including phenoxy) is 1. The molecule has 1 rings (SSSR count). The van der Waals surface area contributed by atoms with Crippen molar-refractivity contribution < 1.29 is 18.7 Å². The van der Waals surface area contributed by atoms with Gasteiger partial charge in [-0.2, -0.15) is 0 Å². The van der Waals surface area contributed by atoms with Crippen molar-refractivity contribution in [3.05, 3.63) is 33.6 Å². The molecule has 7 heteroatoms. The molecule has 0 unspecified atom stereocenters. The van der Waals surface area contributed by atoms with Gasteiger partial charge in [0, 0.05) is 20.0 Å². The van der Waals surface area contributed by atoms with Crippen molar-refractivity contribution in [2.45, 2.75) is 12.8 Å². The Hall–Kier alpha value is -1.33. The highest BCUT2D eigenvalue weighted by Crippen LogP contribution is 2.25. The molecule has 1 aromatic rings. The number of carbonyl (C=O) groups excluding carboxylic acids is 2. The maximum absolute atomic E-state index is 13.4. The second kappa shape index (κ2) is 7.45. The summed E-state index contributed by atoms with van der Waals surface area (Å²) < 4.78 is 17.9. The van der Waals surface area contributed by atoms with Crippen LogP contribution in [0.25, 0.3) is 0 Å². The normalized spacial score (nSPS) is 10.2. The summed E-state index contributed by atoms with van der Waals surface area (Å²) in [7, 11) is 2.84. The molecule has 20 heavy (non-hydrogen) atoms. The molecule has 0 radical (unpaired) electrons. The van der Waals surface area contributed by atoms with Gasteiger partial charge in [0.25, 0.3) is 5.91 Å². The molecule has 110 valence electrons. The summed E-state index contributed by atoms with van der Waals surface area (Å²) in [5.74, 6) is -1.49. The number of esters is 1. The van der Waals surface area contributed by atoms with Gasteiger partial charge in [0.1, 0.15) is 5.82 Å². The van der Waals surface area contributed by atoms with Crippen molar-refractivity contribution in [2.24, 2.45) is 0 Å². The molecule has 0 saturated carbocycles. The van der Waals surface area contributed by atoms with Gasteiger partial charge >= 0.3 is 5.97 Å².